The van der Waals surface area contributed by atoms with Gasteiger partial charge in [0.05, 0.1) is 28.1 Å². The lowest BCUT2D eigenvalue weighted by Crippen LogP contribution is -2.13. The van der Waals surface area contributed by atoms with Crippen molar-refractivity contribution in [2.75, 3.05) is 4.90 Å². The number of anilines is 3. The Morgan fingerprint density at radius 2 is 0.822 bits per heavy atom. The molecule has 0 aliphatic heterocycles. The molecule has 0 radical (unpaired) electrons. The summed E-state index contributed by atoms with van der Waals surface area (Å²) >= 11 is 0. The van der Waals surface area contributed by atoms with Crippen molar-refractivity contribution in [3.05, 3.63) is 150 Å². The van der Waals surface area contributed by atoms with Gasteiger partial charge in [-0.3, -0.25) is 0 Å². The van der Waals surface area contributed by atoms with E-state index in [4.69, 9.17) is 0 Å². The fourth-order valence-electron chi connectivity index (χ4n) is 8.15. The Morgan fingerprint density at radius 1 is 0.400 bits per heavy atom. The van der Waals surface area contributed by atoms with Crippen LogP contribution in [0.3, 0.4) is 0 Å². The zero-order valence-electron chi connectivity index (χ0n) is 25.6. The third kappa shape index (κ3) is 4.33. The summed E-state index contributed by atoms with van der Waals surface area (Å²) in [5, 5.41) is 2.82. The van der Waals surface area contributed by atoms with Gasteiger partial charge in [-0.15, -0.1) is 0 Å². The Morgan fingerprint density at radius 3 is 1.31 bits per heavy atom. The number of aryl methyl sites for hydroxylation is 2. The molecule has 2 aromatic heterocycles. The molecule has 45 heavy (non-hydrogen) atoms. The molecule has 2 aliphatic carbocycles. The molecule has 0 saturated carbocycles. The van der Waals surface area contributed by atoms with Crippen LogP contribution < -0.4 is 4.90 Å². The van der Waals surface area contributed by atoms with E-state index in [1.165, 1.54) is 87.1 Å². The lowest BCUT2D eigenvalue weighted by Gasteiger charge is -2.28. The van der Waals surface area contributed by atoms with Gasteiger partial charge in [0, 0.05) is 33.5 Å². The first-order valence-corrected chi connectivity index (χ1v) is 16.6. The molecule has 3 nitrogen and oxygen atoms in total. The number of aromatic nitrogens is 2. The van der Waals surface area contributed by atoms with Gasteiger partial charge in [-0.1, -0.05) is 72.8 Å². The third-order valence-corrected chi connectivity index (χ3v) is 10.0. The average Bonchev–Trinajstić information content (AvgIpc) is 3.63. The summed E-state index contributed by atoms with van der Waals surface area (Å²) < 4.78 is 5.17. The van der Waals surface area contributed by atoms with E-state index < -0.39 is 0 Å². The normalized spacial score (nSPS) is 14.4. The minimum absolute atomic E-state index is 1.12. The Bertz CT molecular complexity index is 2020. The molecule has 0 atom stereocenters. The molecule has 5 aromatic carbocycles. The van der Waals surface area contributed by atoms with E-state index in [0.717, 1.165) is 37.1 Å². The number of nitrogens with zero attached hydrogens (tertiary/aromatic N) is 3. The minimum Gasteiger partial charge on any atom is -0.313 e. The fraction of sp³-hybridized carbons (Fsp3) is 0.190. The smallest absolute Gasteiger partial charge is 0.0534 e. The van der Waals surface area contributed by atoms with Crippen LogP contribution in [-0.4, -0.2) is 9.13 Å². The summed E-state index contributed by atoms with van der Waals surface area (Å²) in [7, 11) is 0. The molecule has 7 aromatic rings. The second kappa shape index (κ2) is 10.9. The Hall–Kier alpha value is -5.02. The highest BCUT2D eigenvalue weighted by atomic mass is 15.1. The molecule has 3 heteroatoms. The molecule has 0 fully saturated rings. The summed E-state index contributed by atoms with van der Waals surface area (Å²) in [6.07, 6.45) is 9.57. The highest BCUT2D eigenvalue weighted by Crippen LogP contribution is 2.42. The third-order valence-electron chi connectivity index (χ3n) is 10.0. The van der Waals surface area contributed by atoms with Gasteiger partial charge in [0.2, 0.25) is 0 Å². The second-order valence-corrected chi connectivity index (χ2v) is 12.7. The van der Waals surface area contributed by atoms with Crippen molar-refractivity contribution in [2.45, 2.75) is 51.4 Å². The predicted octanol–water partition coefficient (Wildman–Crippen LogP) is 10.8. The molecular formula is C42H37N3. The van der Waals surface area contributed by atoms with E-state index in [1.807, 2.05) is 0 Å². The van der Waals surface area contributed by atoms with Gasteiger partial charge < -0.3 is 14.0 Å². The molecule has 0 amide bonds. The number of rotatable bonds is 5. The Kier molecular flexibility index (Phi) is 6.36. The van der Waals surface area contributed by atoms with Crippen LogP contribution >= 0.6 is 0 Å². The highest BCUT2D eigenvalue weighted by molar-refractivity contribution is 5.90. The molecule has 0 bridgehead atoms. The largest absolute Gasteiger partial charge is 0.313 e. The standard InChI is InChI=1S/C42H37N3/c1-3-15-30(16-4-1)43(31-17-5-2-6-18-31)32-27-33(44-39-23-11-7-19-35(39)36-20-8-12-24-40(36)44)29-34(28-32)45-41-25-13-9-21-37(41)38-22-10-14-26-42(38)45/h1-7,9,11,13,15-19,21,23,25,27-29H,8,10,12,14,20,22,24,26H2. The summed E-state index contributed by atoms with van der Waals surface area (Å²) in [6.45, 7) is 0. The molecule has 9 rings (SSSR count). The van der Waals surface area contributed by atoms with E-state index >= 15 is 0 Å². The van der Waals surface area contributed by atoms with Crippen LogP contribution in [0.1, 0.15) is 48.2 Å². The lowest BCUT2D eigenvalue weighted by atomic mass is 9.95. The van der Waals surface area contributed by atoms with Crippen molar-refractivity contribution >= 4 is 38.9 Å². The first-order chi connectivity index (χ1) is 22.3. The van der Waals surface area contributed by atoms with Crippen molar-refractivity contribution in [3.8, 4) is 11.4 Å². The zero-order chi connectivity index (χ0) is 29.7. The van der Waals surface area contributed by atoms with E-state index in [-0.39, 0.29) is 0 Å². The quantitative estimate of drug-likeness (QED) is 0.196. The molecule has 2 heterocycles. The number of hydrogen-bond acceptors (Lipinski definition) is 1. The van der Waals surface area contributed by atoms with Crippen LogP contribution in [0.5, 0.6) is 0 Å². The maximum Gasteiger partial charge on any atom is 0.0534 e. The Labute approximate surface area is 265 Å². The van der Waals surface area contributed by atoms with E-state index in [0.29, 0.717) is 0 Å². The summed E-state index contributed by atoms with van der Waals surface area (Å²) in [5.41, 5.74) is 14.6. The van der Waals surface area contributed by atoms with Crippen molar-refractivity contribution in [3.63, 3.8) is 0 Å². The number of benzene rings is 5. The lowest BCUT2D eigenvalue weighted by molar-refractivity contribution is 0.665. The minimum atomic E-state index is 1.12. The van der Waals surface area contributed by atoms with Crippen LogP contribution in [0.25, 0.3) is 33.2 Å². The SMILES string of the molecule is c1ccc(N(c2ccccc2)c2cc(-n3c4c(c5ccccc53)CCCC4)cc(-n3c4c(c5ccccc53)CCCC4)c2)cc1. The van der Waals surface area contributed by atoms with Crippen molar-refractivity contribution < 1.29 is 0 Å². The van der Waals surface area contributed by atoms with Crippen molar-refractivity contribution in [1.29, 1.82) is 0 Å². The average molecular weight is 584 g/mol. The van der Waals surface area contributed by atoms with E-state index in [1.54, 1.807) is 0 Å². The van der Waals surface area contributed by atoms with Crippen LogP contribution in [0.15, 0.2) is 127 Å². The molecule has 220 valence electrons. The van der Waals surface area contributed by atoms with Gasteiger partial charge in [-0.2, -0.15) is 0 Å². The van der Waals surface area contributed by atoms with Crippen molar-refractivity contribution in [1.82, 2.24) is 9.13 Å². The maximum atomic E-state index is 2.59. The van der Waals surface area contributed by atoms with E-state index in [2.05, 4.69) is 141 Å². The fourth-order valence-corrected chi connectivity index (χ4v) is 8.15. The van der Waals surface area contributed by atoms with Crippen LogP contribution in [0.4, 0.5) is 17.1 Å². The van der Waals surface area contributed by atoms with Crippen LogP contribution in [-0.2, 0) is 25.7 Å². The number of hydrogen-bond donors (Lipinski definition) is 0. The van der Waals surface area contributed by atoms with Gasteiger partial charge in [-0.05, 0) is 117 Å². The van der Waals surface area contributed by atoms with Gasteiger partial charge in [0.1, 0.15) is 0 Å². The molecule has 0 unspecified atom stereocenters. The second-order valence-electron chi connectivity index (χ2n) is 12.7. The summed E-state index contributed by atoms with van der Waals surface area (Å²) in [6, 6.07) is 47.1. The number of para-hydroxylation sites is 4. The monoisotopic (exact) mass is 583 g/mol. The van der Waals surface area contributed by atoms with Gasteiger partial charge in [0.25, 0.3) is 0 Å². The number of fused-ring (bicyclic) bond motifs is 6. The molecule has 2 aliphatic rings. The molecular weight excluding hydrogens is 546 g/mol. The zero-order valence-corrected chi connectivity index (χ0v) is 25.6. The van der Waals surface area contributed by atoms with Crippen molar-refractivity contribution in [2.24, 2.45) is 0 Å². The van der Waals surface area contributed by atoms with Crippen LogP contribution in [0.2, 0.25) is 0 Å². The Balaban J connectivity index is 1.37. The first-order valence-electron chi connectivity index (χ1n) is 16.6. The van der Waals surface area contributed by atoms with E-state index in [9.17, 15) is 0 Å². The van der Waals surface area contributed by atoms with Gasteiger partial charge in [-0.25, -0.2) is 0 Å². The van der Waals surface area contributed by atoms with Gasteiger partial charge >= 0.3 is 0 Å². The summed E-state index contributed by atoms with van der Waals surface area (Å²) in [4.78, 5) is 2.42. The highest BCUT2D eigenvalue weighted by Gasteiger charge is 2.25. The first kappa shape index (κ1) is 26.4. The summed E-state index contributed by atoms with van der Waals surface area (Å²) in [5.74, 6) is 0. The molecule has 0 N–H and O–H groups in total. The topological polar surface area (TPSA) is 13.1 Å². The molecule has 0 saturated heterocycles. The maximum absolute atomic E-state index is 2.59. The van der Waals surface area contributed by atoms with Crippen LogP contribution in [0, 0.1) is 0 Å². The predicted molar refractivity (Wildman–Crippen MR) is 188 cm³/mol. The van der Waals surface area contributed by atoms with Gasteiger partial charge in [0.15, 0.2) is 0 Å². The molecule has 0 spiro atoms.